The molecular formula is C16H15BrN2O6. The van der Waals surface area contributed by atoms with E-state index in [0.717, 1.165) is 0 Å². The summed E-state index contributed by atoms with van der Waals surface area (Å²) in [6, 6.07) is 2.51. The average Bonchev–Trinajstić information content (AvgIpc) is 2.80. The lowest BCUT2D eigenvalue weighted by Gasteiger charge is -2.12. The number of carboxylic acid groups (broad SMARTS) is 1. The number of amides is 3. The van der Waals surface area contributed by atoms with Crippen molar-refractivity contribution in [3.63, 3.8) is 0 Å². The third kappa shape index (κ3) is 4.18. The molecule has 132 valence electrons. The van der Waals surface area contributed by atoms with Gasteiger partial charge in [-0.1, -0.05) is 12.7 Å². The number of hydrogen-bond acceptors (Lipinski definition) is 5. The summed E-state index contributed by atoms with van der Waals surface area (Å²) >= 11 is 3.36. The van der Waals surface area contributed by atoms with Gasteiger partial charge in [0.05, 0.1) is 11.6 Å². The van der Waals surface area contributed by atoms with E-state index in [1.807, 2.05) is 0 Å². The van der Waals surface area contributed by atoms with Crippen LogP contribution in [0.4, 0.5) is 4.79 Å². The van der Waals surface area contributed by atoms with Crippen LogP contribution >= 0.6 is 15.9 Å². The zero-order valence-electron chi connectivity index (χ0n) is 13.2. The number of hydrogen-bond donors (Lipinski definition) is 2. The molecule has 1 aliphatic heterocycles. The van der Waals surface area contributed by atoms with Gasteiger partial charge in [-0.05, 0) is 39.7 Å². The summed E-state index contributed by atoms with van der Waals surface area (Å²) in [5.74, 6) is -1.10. The minimum Gasteiger partial charge on any atom is -0.493 e. The number of halogens is 1. The van der Waals surface area contributed by atoms with Crippen LogP contribution in [0.25, 0.3) is 6.08 Å². The van der Waals surface area contributed by atoms with Crippen LogP contribution in [-0.2, 0) is 9.59 Å². The molecule has 0 atom stereocenters. The molecule has 9 heteroatoms. The van der Waals surface area contributed by atoms with Gasteiger partial charge in [0.15, 0.2) is 11.5 Å². The first-order valence-electron chi connectivity index (χ1n) is 7.05. The van der Waals surface area contributed by atoms with E-state index in [-0.39, 0.29) is 12.3 Å². The van der Waals surface area contributed by atoms with E-state index in [1.54, 1.807) is 18.2 Å². The molecule has 0 spiro atoms. The average molecular weight is 411 g/mol. The maximum atomic E-state index is 12.1. The normalized spacial score (nSPS) is 15.3. The fourth-order valence-corrected chi connectivity index (χ4v) is 2.70. The van der Waals surface area contributed by atoms with Gasteiger partial charge in [0, 0.05) is 0 Å². The molecule has 0 bridgehead atoms. The minimum absolute atomic E-state index is 0.0278. The second-order valence-corrected chi connectivity index (χ2v) is 5.76. The van der Waals surface area contributed by atoms with E-state index in [9.17, 15) is 14.4 Å². The molecule has 1 aliphatic rings. The predicted octanol–water partition coefficient (Wildman–Crippen LogP) is 2.00. The topological polar surface area (TPSA) is 105 Å². The highest BCUT2D eigenvalue weighted by Crippen LogP contribution is 2.37. The van der Waals surface area contributed by atoms with Crippen LogP contribution in [0.2, 0.25) is 0 Å². The molecule has 25 heavy (non-hydrogen) atoms. The number of carboxylic acids is 1. The van der Waals surface area contributed by atoms with E-state index in [1.165, 1.54) is 13.2 Å². The molecular weight excluding hydrogens is 396 g/mol. The first-order valence-corrected chi connectivity index (χ1v) is 7.84. The summed E-state index contributed by atoms with van der Waals surface area (Å²) < 4.78 is 11.4. The number of methoxy groups -OCH3 is 1. The van der Waals surface area contributed by atoms with Gasteiger partial charge >= 0.3 is 12.0 Å². The molecule has 0 aromatic heterocycles. The molecule has 0 radical (unpaired) electrons. The lowest BCUT2D eigenvalue weighted by molar-refractivity contribution is -0.140. The van der Waals surface area contributed by atoms with Crippen molar-refractivity contribution < 1.29 is 29.0 Å². The van der Waals surface area contributed by atoms with Gasteiger partial charge in [0.25, 0.3) is 5.91 Å². The zero-order chi connectivity index (χ0) is 18.6. The van der Waals surface area contributed by atoms with Gasteiger partial charge in [0.1, 0.15) is 18.8 Å². The molecule has 0 aliphatic carbocycles. The summed E-state index contributed by atoms with van der Waals surface area (Å²) in [5.41, 5.74) is 0.524. The number of imide groups is 1. The Morgan fingerprint density at radius 1 is 1.44 bits per heavy atom. The number of carbonyl (C=O) groups excluding carboxylic acids is 2. The third-order valence-electron chi connectivity index (χ3n) is 3.16. The molecule has 1 fully saturated rings. The van der Waals surface area contributed by atoms with Crippen molar-refractivity contribution in [3.05, 3.63) is 40.5 Å². The predicted molar refractivity (Wildman–Crippen MR) is 92.2 cm³/mol. The van der Waals surface area contributed by atoms with Crippen LogP contribution in [0.1, 0.15) is 5.56 Å². The van der Waals surface area contributed by atoms with Crippen molar-refractivity contribution in [3.8, 4) is 11.5 Å². The fourth-order valence-electron chi connectivity index (χ4n) is 2.12. The maximum absolute atomic E-state index is 12.1. The summed E-state index contributed by atoms with van der Waals surface area (Å²) in [5, 5.41) is 11.1. The summed E-state index contributed by atoms with van der Waals surface area (Å²) in [6.45, 7) is 3.16. The fraction of sp³-hybridized carbons (Fsp3) is 0.188. The Labute approximate surface area is 151 Å². The standard InChI is InChI=1S/C16H15BrN2O6/c1-3-4-25-14-10(17)5-9(7-12(14)24-2)6-11-15(22)19(8-13(20)21)16(23)18-11/h3,5-7H,1,4,8H2,2H3,(H,18,23)(H,20,21)/b11-6+. The largest absolute Gasteiger partial charge is 0.493 e. The second kappa shape index (κ2) is 7.84. The summed E-state index contributed by atoms with van der Waals surface area (Å²) in [6.07, 6.45) is 3.01. The van der Waals surface area contributed by atoms with Gasteiger partial charge in [-0.3, -0.25) is 9.59 Å². The number of ether oxygens (including phenoxy) is 2. The Morgan fingerprint density at radius 2 is 2.16 bits per heavy atom. The van der Waals surface area contributed by atoms with E-state index >= 15 is 0 Å². The molecule has 0 saturated carbocycles. The van der Waals surface area contributed by atoms with Gasteiger partial charge in [-0.25, -0.2) is 9.69 Å². The van der Waals surface area contributed by atoms with Crippen LogP contribution in [0.15, 0.2) is 35.0 Å². The third-order valence-corrected chi connectivity index (χ3v) is 3.75. The molecule has 3 amide bonds. The molecule has 1 saturated heterocycles. The number of carbonyl (C=O) groups is 3. The number of rotatable bonds is 7. The van der Waals surface area contributed by atoms with Crippen LogP contribution < -0.4 is 14.8 Å². The highest BCUT2D eigenvalue weighted by Gasteiger charge is 2.34. The number of aliphatic carboxylic acids is 1. The Balaban J connectivity index is 2.33. The van der Waals surface area contributed by atoms with Crippen LogP contribution in [0.5, 0.6) is 11.5 Å². The molecule has 1 aromatic rings. The molecule has 0 unspecified atom stereocenters. The molecule has 2 N–H and O–H groups in total. The van der Waals surface area contributed by atoms with Crippen molar-refractivity contribution in [2.24, 2.45) is 0 Å². The molecule has 1 heterocycles. The molecule has 8 nitrogen and oxygen atoms in total. The van der Waals surface area contributed by atoms with E-state index in [0.29, 0.717) is 26.4 Å². The maximum Gasteiger partial charge on any atom is 0.329 e. The van der Waals surface area contributed by atoms with Gasteiger partial charge in [-0.2, -0.15) is 0 Å². The van der Waals surface area contributed by atoms with Crippen molar-refractivity contribution in [1.82, 2.24) is 10.2 Å². The summed E-state index contributed by atoms with van der Waals surface area (Å²) in [7, 11) is 1.47. The van der Waals surface area contributed by atoms with Crippen LogP contribution in [0.3, 0.4) is 0 Å². The van der Waals surface area contributed by atoms with Gasteiger partial charge in [0.2, 0.25) is 0 Å². The van der Waals surface area contributed by atoms with E-state index in [4.69, 9.17) is 14.6 Å². The second-order valence-electron chi connectivity index (χ2n) is 4.91. The lowest BCUT2D eigenvalue weighted by Crippen LogP contribution is -2.35. The monoisotopic (exact) mass is 410 g/mol. The smallest absolute Gasteiger partial charge is 0.329 e. The lowest BCUT2D eigenvalue weighted by atomic mass is 10.1. The molecule has 1 aromatic carbocycles. The van der Waals surface area contributed by atoms with Crippen molar-refractivity contribution >= 4 is 39.9 Å². The first-order chi connectivity index (χ1) is 11.9. The quantitative estimate of drug-likeness (QED) is 0.404. The first kappa shape index (κ1) is 18.5. The van der Waals surface area contributed by atoms with Crippen molar-refractivity contribution in [2.75, 3.05) is 20.3 Å². The Hall–Kier alpha value is -2.81. The number of urea groups is 1. The Morgan fingerprint density at radius 3 is 2.76 bits per heavy atom. The highest BCUT2D eigenvalue weighted by molar-refractivity contribution is 9.10. The summed E-state index contributed by atoms with van der Waals surface area (Å²) in [4.78, 5) is 35.2. The van der Waals surface area contributed by atoms with E-state index < -0.39 is 24.5 Å². The van der Waals surface area contributed by atoms with Crippen molar-refractivity contribution in [1.29, 1.82) is 0 Å². The van der Waals surface area contributed by atoms with Crippen LogP contribution in [0, 0.1) is 0 Å². The molecule has 2 rings (SSSR count). The minimum atomic E-state index is -1.28. The Kier molecular flexibility index (Phi) is 5.81. The Bertz CT molecular complexity index is 774. The zero-order valence-corrected chi connectivity index (χ0v) is 14.8. The van der Waals surface area contributed by atoms with Gasteiger partial charge in [-0.15, -0.1) is 0 Å². The van der Waals surface area contributed by atoms with Crippen LogP contribution in [-0.4, -0.2) is 48.2 Å². The van der Waals surface area contributed by atoms with E-state index in [2.05, 4.69) is 27.8 Å². The SMILES string of the molecule is C=CCOc1c(Br)cc(/C=C2/NC(=O)N(CC(=O)O)C2=O)cc1OC. The van der Waals surface area contributed by atoms with Crippen molar-refractivity contribution in [2.45, 2.75) is 0 Å². The number of benzene rings is 1. The van der Waals surface area contributed by atoms with Gasteiger partial charge < -0.3 is 19.9 Å². The number of nitrogens with zero attached hydrogens (tertiary/aromatic N) is 1. The highest BCUT2D eigenvalue weighted by atomic mass is 79.9. The number of nitrogens with one attached hydrogen (secondary N) is 1.